The smallest absolute Gasteiger partial charge is 0.272 e. The lowest BCUT2D eigenvalue weighted by Gasteiger charge is -1.98. The monoisotopic (exact) mass is 288 g/mol. The van der Waals surface area contributed by atoms with Gasteiger partial charge in [-0.3, -0.25) is 9.89 Å². The van der Waals surface area contributed by atoms with Crippen molar-refractivity contribution in [1.29, 1.82) is 0 Å². The van der Waals surface area contributed by atoms with Gasteiger partial charge < -0.3 is 5.73 Å². The first-order valence-corrected chi connectivity index (χ1v) is 6.63. The highest BCUT2D eigenvalue weighted by molar-refractivity contribution is 6.30. The zero-order valence-corrected chi connectivity index (χ0v) is 11.4. The molecule has 20 heavy (non-hydrogen) atoms. The second kappa shape index (κ2) is 5.11. The third-order valence-corrected chi connectivity index (χ3v) is 3.27. The van der Waals surface area contributed by atoms with Crippen molar-refractivity contribution in [3.63, 3.8) is 0 Å². The van der Waals surface area contributed by atoms with Crippen LogP contribution in [0.1, 0.15) is 5.69 Å². The van der Waals surface area contributed by atoms with Gasteiger partial charge in [0, 0.05) is 34.8 Å². The van der Waals surface area contributed by atoms with Gasteiger partial charge in [0.25, 0.3) is 5.56 Å². The van der Waals surface area contributed by atoms with E-state index in [1.54, 1.807) is 6.07 Å². The van der Waals surface area contributed by atoms with E-state index in [1.165, 1.54) is 10.6 Å². The summed E-state index contributed by atoms with van der Waals surface area (Å²) in [6.45, 7) is 0.466. The van der Waals surface area contributed by atoms with Crippen LogP contribution in [0.2, 0.25) is 5.02 Å². The maximum atomic E-state index is 12.0. The molecule has 0 unspecified atom stereocenters. The standard InChI is InChI=1S/C14H13ClN4O/c15-10-3-1-2-9(6-10)12-8-13-17-11(4-5-16)7-14(20)19(13)18-12/h1-3,6-8,18H,4-5,16H2. The maximum absolute atomic E-state index is 12.0. The molecule has 0 saturated heterocycles. The summed E-state index contributed by atoms with van der Waals surface area (Å²) in [5, 5.41) is 3.67. The third-order valence-electron chi connectivity index (χ3n) is 3.04. The molecule has 0 aliphatic heterocycles. The molecular formula is C14H13ClN4O. The molecule has 3 rings (SSSR count). The first kappa shape index (κ1) is 12.9. The highest BCUT2D eigenvalue weighted by Gasteiger charge is 2.08. The molecule has 5 nitrogen and oxygen atoms in total. The van der Waals surface area contributed by atoms with Gasteiger partial charge >= 0.3 is 0 Å². The van der Waals surface area contributed by atoms with Crippen LogP contribution >= 0.6 is 11.6 Å². The minimum Gasteiger partial charge on any atom is -0.330 e. The number of benzene rings is 1. The number of aromatic nitrogens is 3. The largest absolute Gasteiger partial charge is 0.330 e. The number of rotatable bonds is 3. The van der Waals surface area contributed by atoms with Crippen molar-refractivity contribution < 1.29 is 0 Å². The first-order chi connectivity index (χ1) is 9.67. The molecule has 2 aromatic heterocycles. The highest BCUT2D eigenvalue weighted by atomic mass is 35.5. The summed E-state index contributed by atoms with van der Waals surface area (Å²) in [4.78, 5) is 16.4. The first-order valence-electron chi connectivity index (χ1n) is 6.25. The normalized spacial score (nSPS) is 11.1. The van der Waals surface area contributed by atoms with Gasteiger partial charge in [-0.05, 0) is 18.7 Å². The number of fused-ring (bicyclic) bond motifs is 1. The van der Waals surface area contributed by atoms with E-state index in [2.05, 4.69) is 10.1 Å². The van der Waals surface area contributed by atoms with Crippen LogP contribution in [-0.4, -0.2) is 21.1 Å². The van der Waals surface area contributed by atoms with Crippen LogP contribution in [0.15, 0.2) is 41.2 Å². The van der Waals surface area contributed by atoms with Gasteiger partial charge in [-0.15, -0.1) is 0 Å². The van der Waals surface area contributed by atoms with Crippen molar-refractivity contribution in [3.05, 3.63) is 57.5 Å². The molecule has 1 aromatic carbocycles. The third kappa shape index (κ3) is 2.33. The summed E-state index contributed by atoms with van der Waals surface area (Å²) in [6, 6.07) is 10.7. The van der Waals surface area contributed by atoms with Gasteiger partial charge in [0.2, 0.25) is 0 Å². The van der Waals surface area contributed by atoms with Crippen LogP contribution in [0.25, 0.3) is 16.9 Å². The molecule has 0 bridgehead atoms. The molecule has 0 spiro atoms. The Kier molecular flexibility index (Phi) is 3.30. The molecule has 3 N–H and O–H groups in total. The van der Waals surface area contributed by atoms with Crippen LogP contribution in [0.4, 0.5) is 0 Å². The topological polar surface area (TPSA) is 76.2 Å². The Morgan fingerprint density at radius 3 is 2.90 bits per heavy atom. The van der Waals surface area contributed by atoms with Crippen LogP contribution < -0.4 is 11.3 Å². The van der Waals surface area contributed by atoms with Crippen molar-refractivity contribution in [1.82, 2.24) is 14.6 Å². The minimum atomic E-state index is -0.147. The van der Waals surface area contributed by atoms with Gasteiger partial charge in [-0.2, -0.15) is 0 Å². The van der Waals surface area contributed by atoms with Gasteiger partial charge in [-0.25, -0.2) is 9.50 Å². The summed E-state index contributed by atoms with van der Waals surface area (Å²) in [6.07, 6.45) is 0.587. The maximum Gasteiger partial charge on any atom is 0.272 e. The Morgan fingerprint density at radius 1 is 1.30 bits per heavy atom. The molecule has 0 aliphatic carbocycles. The molecule has 3 aromatic rings. The number of hydrogen-bond donors (Lipinski definition) is 2. The van der Waals surface area contributed by atoms with Crippen LogP contribution in [0, 0.1) is 0 Å². The molecule has 6 heteroatoms. The molecule has 102 valence electrons. The van der Waals surface area contributed by atoms with Gasteiger partial charge in [0.1, 0.15) is 0 Å². The van der Waals surface area contributed by atoms with Crippen molar-refractivity contribution in [2.24, 2.45) is 5.73 Å². The average molecular weight is 289 g/mol. The molecule has 2 heterocycles. The second-order valence-corrected chi connectivity index (χ2v) is 4.93. The van der Waals surface area contributed by atoms with Crippen LogP contribution in [0.3, 0.4) is 0 Å². The van der Waals surface area contributed by atoms with Gasteiger partial charge in [0.15, 0.2) is 5.65 Å². The molecule has 0 amide bonds. The van der Waals surface area contributed by atoms with Crippen molar-refractivity contribution >= 4 is 17.2 Å². The summed E-state index contributed by atoms with van der Waals surface area (Å²) in [5.41, 5.74) is 8.33. The van der Waals surface area contributed by atoms with E-state index in [-0.39, 0.29) is 5.56 Å². The van der Waals surface area contributed by atoms with E-state index in [9.17, 15) is 4.79 Å². The fraction of sp³-hybridized carbons (Fsp3) is 0.143. The Hall–Kier alpha value is -2.11. The van der Waals surface area contributed by atoms with E-state index in [0.29, 0.717) is 29.3 Å². The quantitative estimate of drug-likeness (QED) is 0.772. The van der Waals surface area contributed by atoms with Gasteiger partial charge in [0.05, 0.1) is 5.69 Å². The van der Waals surface area contributed by atoms with E-state index >= 15 is 0 Å². The van der Waals surface area contributed by atoms with Crippen LogP contribution in [-0.2, 0) is 6.42 Å². The van der Waals surface area contributed by atoms with Crippen molar-refractivity contribution in [3.8, 4) is 11.3 Å². The zero-order chi connectivity index (χ0) is 14.1. The second-order valence-electron chi connectivity index (χ2n) is 4.50. The fourth-order valence-electron chi connectivity index (χ4n) is 2.12. The number of halogens is 1. The van der Waals surface area contributed by atoms with Crippen molar-refractivity contribution in [2.45, 2.75) is 6.42 Å². The molecule has 0 saturated carbocycles. The molecular weight excluding hydrogens is 276 g/mol. The Labute approximate surface area is 120 Å². The van der Waals surface area contributed by atoms with E-state index < -0.39 is 0 Å². The molecule has 0 fully saturated rings. The van der Waals surface area contributed by atoms with Crippen LogP contribution in [0.5, 0.6) is 0 Å². The molecule has 0 aliphatic rings. The van der Waals surface area contributed by atoms with E-state index in [4.69, 9.17) is 17.3 Å². The van der Waals surface area contributed by atoms with E-state index in [1.807, 2.05) is 24.3 Å². The predicted octanol–water partition coefficient (Wildman–Crippen LogP) is 1.84. The Balaban J connectivity index is 2.15. The summed E-state index contributed by atoms with van der Waals surface area (Å²) in [7, 11) is 0. The number of nitrogens with zero attached hydrogens (tertiary/aromatic N) is 2. The predicted molar refractivity (Wildman–Crippen MR) is 79.0 cm³/mol. The number of H-pyrrole nitrogens is 1. The zero-order valence-electron chi connectivity index (χ0n) is 10.6. The van der Waals surface area contributed by atoms with Crippen molar-refractivity contribution in [2.75, 3.05) is 6.54 Å². The molecule has 0 atom stereocenters. The lowest BCUT2D eigenvalue weighted by Crippen LogP contribution is -2.17. The average Bonchev–Trinajstić information content (AvgIpc) is 2.84. The summed E-state index contributed by atoms with van der Waals surface area (Å²) in [5.74, 6) is 0. The summed E-state index contributed by atoms with van der Waals surface area (Å²) >= 11 is 5.98. The van der Waals surface area contributed by atoms with E-state index in [0.717, 1.165) is 11.3 Å². The number of hydrogen-bond acceptors (Lipinski definition) is 3. The Morgan fingerprint density at radius 2 is 2.15 bits per heavy atom. The fourth-order valence-corrected chi connectivity index (χ4v) is 2.31. The number of nitrogens with two attached hydrogens (primary N) is 1. The number of aromatic amines is 1. The van der Waals surface area contributed by atoms with Gasteiger partial charge in [-0.1, -0.05) is 23.7 Å². The number of nitrogens with one attached hydrogen (secondary N) is 1. The highest BCUT2D eigenvalue weighted by Crippen LogP contribution is 2.21. The minimum absolute atomic E-state index is 0.147. The molecule has 0 radical (unpaired) electrons. The lowest BCUT2D eigenvalue weighted by molar-refractivity contribution is 0.858. The lowest BCUT2D eigenvalue weighted by atomic mass is 10.1. The SMILES string of the molecule is NCCc1cc(=O)n2[nH]c(-c3cccc(Cl)c3)cc2n1. The summed E-state index contributed by atoms with van der Waals surface area (Å²) < 4.78 is 1.41. The Bertz CT molecular complexity index is 821.